The van der Waals surface area contributed by atoms with Crippen molar-refractivity contribution < 1.29 is 9.84 Å². The van der Waals surface area contributed by atoms with Gasteiger partial charge < -0.3 is 15.2 Å². The highest BCUT2D eigenvalue weighted by Crippen LogP contribution is 2.20. The molecule has 1 aliphatic carbocycles. The topological polar surface area (TPSA) is 54.4 Å². The first-order valence-electron chi connectivity index (χ1n) is 7.65. The minimum absolute atomic E-state index is 0.362. The van der Waals surface area contributed by atoms with Crippen molar-refractivity contribution in [2.24, 2.45) is 0 Å². The number of hydrogen-bond acceptors (Lipinski definition) is 4. The highest BCUT2D eigenvalue weighted by Gasteiger charge is 2.15. The van der Waals surface area contributed by atoms with Crippen molar-refractivity contribution in [3.05, 3.63) is 29.6 Å². The van der Waals surface area contributed by atoms with E-state index >= 15 is 0 Å². The molecule has 1 aliphatic rings. The zero-order valence-corrected chi connectivity index (χ0v) is 12.3. The van der Waals surface area contributed by atoms with Crippen LogP contribution in [0, 0.1) is 6.92 Å². The molecule has 2 rings (SSSR count). The van der Waals surface area contributed by atoms with Gasteiger partial charge in [0, 0.05) is 25.5 Å². The van der Waals surface area contributed by atoms with Crippen LogP contribution in [-0.4, -0.2) is 35.5 Å². The molecule has 0 aromatic carbocycles. The molecule has 2 N–H and O–H groups in total. The number of rotatable bonds is 7. The van der Waals surface area contributed by atoms with E-state index in [1.807, 2.05) is 19.2 Å². The Morgan fingerprint density at radius 2 is 2.20 bits per heavy atom. The SMILES string of the molecule is Cc1cnccc1CNCC(O)COC1CCCCC1. The molecule has 0 aliphatic heterocycles. The van der Waals surface area contributed by atoms with Crippen molar-refractivity contribution in [3.63, 3.8) is 0 Å². The summed E-state index contributed by atoms with van der Waals surface area (Å²) >= 11 is 0. The van der Waals surface area contributed by atoms with Gasteiger partial charge in [-0.2, -0.15) is 0 Å². The summed E-state index contributed by atoms with van der Waals surface area (Å²) in [4.78, 5) is 4.07. The highest BCUT2D eigenvalue weighted by atomic mass is 16.5. The van der Waals surface area contributed by atoms with Gasteiger partial charge in [0.05, 0.1) is 18.8 Å². The van der Waals surface area contributed by atoms with Crippen molar-refractivity contribution in [2.75, 3.05) is 13.2 Å². The molecular weight excluding hydrogens is 252 g/mol. The second-order valence-electron chi connectivity index (χ2n) is 5.68. The first-order valence-corrected chi connectivity index (χ1v) is 7.65. The maximum Gasteiger partial charge on any atom is 0.0897 e. The zero-order chi connectivity index (χ0) is 14.2. The van der Waals surface area contributed by atoms with Crippen LogP contribution in [0.1, 0.15) is 43.2 Å². The summed E-state index contributed by atoms with van der Waals surface area (Å²) in [6, 6.07) is 2.01. The Morgan fingerprint density at radius 3 is 2.95 bits per heavy atom. The predicted molar refractivity (Wildman–Crippen MR) is 79.5 cm³/mol. The average Bonchev–Trinajstić information content (AvgIpc) is 2.48. The molecule has 1 aromatic heterocycles. The molecule has 0 spiro atoms. The van der Waals surface area contributed by atoms with Crippen molar-refractivity contribution in [2.45, 2.75) is 57.8 Å². The highest BCUT2D eigenvalue weighted by molar-refractivity contribution is 5.21. The van der Waals surface area contributed by atoms with Crippen molar-refractivity contribution in [1.29, 1.82) is 0 Å². The van der Waals surface area contributed by atoms with E-state index in [9.17, 15) is 5.11 Å². The molecule has 0 bridgehead atoms. The standard InChI is InChI=1S/C16H26N2O2/c1-13-9-17-8-7-14(13)10-18-11-15(19)12-20-16-5-3-2-4-6-16/h7-9,15-16,18-19H,2-6,10-12H2,1H3. The number of aryl methyl sites for hydroxylation is 1. The van der Waals surface area contributed by atoms with Gasteiger partial charge in [0.25, 0.3) is 0 Å². The molecule has 0 radical (unpaired) electrons. The number of aliphatic hydroxyl groups excluding tert-OH is 1. The first kappa shape index (κ1) is 15.4. The third-order valence-corrected chi connectivity index (χ3v) is 3.91. The van der Waals surface area contributed by atoms with Gasteiger partial charge in [0.1, 0.15) is 0 Å². The maximum atomic E-state index is 9.93. The number of pyridine rings is 1. The van der Waals surface area contributed by atoms with E-state index in [0.717, 1.165) is 19.4 Å². The van der Waals surface area contributed by atoms with Gasteiger partial charge in [0.2, 0.25) is 0 Å². The van der Waals surface area contributed by atoms with E-state index in [4.69, 9.17) is 4.74 Å². The van der Waals surface area contributed by atoms with Gasteiger partial charge in [-0.05, 0) is 37.0 Å². The molecule has 4 nitrogen and oxygen atoms in total. The lowest BCUT2D eigenvalue weighted by Gasteiger charge is -2.23. The molecular formula is C16H26N2O2. The summed E-state index contributed by atoms with van der Waals surface area (Å²) in [6.07, 6.45) is 9.74. The van der Waals surface area contributed by atoms with Crippen molar-refractivity contribution >= 4 is 0 Å². The Kier molecular flexibility index (Phi) is 6.43. The number of nitrogens with zero attached hydrogens (tertiary/aromatic N) is 1. The Labute approximate surface area is 121 Å². The molecule has 20 heavy (non-hydrogen) atoms. The molecule has 0 saturated heterocycles. The molecule has 1 atom stereocenters. The minimum Gasteiger partial charge on any atom is -0.389 e. The van der Waals surface area contributed by atoms with Crippen LogP contribution >= 0.6 is 0 Å². The smallest absolute Gasteiger partial charge is 0.0897 e. The molecule has 112 valence electrons. The van der Waals surface area contributed by atoms with Crippen molar-refractivity contribution in [3.8, 4) is 0 Å². The Morgan fingerprint density at radius 1 is 1.40 bits per heavy atom. The average molecular weight is 278 g/mol. The molecule has 1 unspecified atom stereocenters. The fourth-order valence-corrected chi connectivity index (χ4v) is 2.61. The van der Waals surface area contributed by atoms with Gasteiger partial charge in [-0.1, -0.05) is 19.3 Å². The third kappa shape index (κ3) is 5.19. The largest absolute Gasteiger partial charge is 0.389 e. The summed E-state index contributed by atoms with van der Waals surface area (Å²) in [5, 5.41) is 13.2. The lowest BCUT2D eigenvalue weighted by Crippen LogP contribution is -2.32. The number of aromatic nitrogens is 1. The van der Waals surface area contributed by atoms with E-state index in [0.29, 0.717) is 19.3 Å². The van der Waals surface area contributed by atoms with Crippen LogP contribution < -0.4 is 5.32 Å². The van der Waals surface area contributed by atoms with E-state index in [1.54, 1.807) is 6.20 Å². The number of hydrogen-bond donors (Lipinski definition) is 2. The lowest BCUT2D eigenvalue weighted by atomic mass is 9.98. The molecule has 1 fully saturated rings. The van der Waals surface area contributed by atoms with Crippen LogP contribution in [0.3, 0.4) is 0 Å². The van der Waals surface area contributed by atoms with Crippen LogP contribution in [-0.2, 0) is 11.3 Å². The van der Waals surface area contributed by atoms with Crippen LogP contribution in [0.5, 0.6) is 0 Å². The summed E-state index contributed by atoms with van der Waals surface area (Å²) in [6.45, 7) is 3.81. The Bertz CT molecular complexity index is 392. The summed E-state index contributed by atoms with van der Waals surface area (Å²) in [7, 11) is 0. The fourth-order valence-electron chi connectivity index (χ4n) is 2.61. The third-order valence-electron chi connectivity index (χ3n) is 3.91. The lowest BCUT2D eigenvalue weighted by molar-refractivity contribution is -0.0230. The molecule has 0 amide bonds. The second-order valence-corrected chi connectivity index (χ2v) is 5.68. The van der Waals surface area contributed by atoms with E-state index in [2.05, 4.69) is 10.3 Å². The quantitative estimate of drug-likeness (QED) is 0.803. The minimum atomic E-state index is -0.431. The number of ether oxygens (including phenoxy) is 1. The molecule has 4 heteroatoms. The van der Waals surface area contributed by atoms with Crippen LogP contribution in [0.15, 0.2) is 18.5 Å². The Balaban J connectivity index is 1.60. The van der Waals surface area contributed by atoms with Crippen LogP contribution in [0.2, 0.25) is 0 Å². The Hall–Kier alpha value is -0.970. The summed E-state index contributed by atoms with van der Waals surface area (Å²) in [5.74, 6) is 0. The number of aliphatic hydroxyl groups is 1. The molecule has 1 saturated carbocycles. The summed E-state index contributed by atoms with van der Waals surface area (Å²) < 4.78 is 5.77. The predicted octanol–water partition coefficient (Wildman–Crippen LogP) is 2.19. The summed E-state index contributed by atoms with van der Waals surface area (Å²) in [5.41, 5.74) is 2.40. The van der Waals surface area contributed by atoms with Crippen LogP contribution in [0.4, 0.5) is 0 Å². The van der Waals surface area contributed by atoms with E-state index in [1.165, 1.54) is 30.4 Å². The molecule has 1 heterocycles. The monoisotopic (exact) mass is 278 g/mol. The van der Waals surface area contributed by atoms with Gasteiger partial charge in [-0.15, -0.1) is 0 Å². The fraction of sp³-hybridized carbons (Fsp3) is 0.688. The first-order chi connectivity index (χ1) is 9.75. The number of nitrogens with one attached hydrogen (secondary N) is 1. The molecule has 1 aromatic rings. The normalized spacial score (nSPS) is 18.1. The van der Waals surface area contributed by atoms with Gasteiger partial charge in [-0.3, -0.25) is 4.98 Å². The second kappa shape index (κ2) is 8.35. The maximum absolute atomic E-state index is 9.93. The van der Waals surface area contributed by atoms with Gasteiger partial charge in [0.15, 0.2) is 0 Å². The van der Waals surface area contributed by atoms with Crippen molar-refractivity contribution in [1.82, 2.24) is 10.3 Å². The van der Waals surface area contributed by atoms with E-state index < -0.39 is 6.10 Å². The zero-order valence-electron chi connectivity index (χ0n) is 12.3. The van der Waals surface area contributed by atoms with Gasteiger partial charge in [-0.25, -0.2) is 0 Å². The van der Waals surface area contributed by atoms with Crippen LogP contribution in [0.25, 0.3) is 0 Å². The van der Waals surface area contributed by atoms with E-state index in [-0.39, 0.29) is 0 Å². The van der Waals surface area contributed by atoms with Gasteiger partial charge >= 0.3 is 0 Å².